The number of hydrogen-bond acceptors (Lipinski definition) is 3. The molecule has 19 heavy (non-hydrogen) atoms. The van der Waals surface area contributed by atoms with Crippen LogP contribution in [0.1, 0.15) is 19.3 Å². The summed E-state index contributed by atoms with van der Waals surface area (Å²) in [7, 11) is 0. The normalized spacial score (nSPS) is 22.4. The highest BCUT2D eigenvalue weighted by molar-refractivity contribution is 7.99. The first-order chi connectivity index (χ1) is 9.31. The fourth-order valence-electron chi connectivity index (χ4n) is 2.66. The maximum atomic E-state index is 12.1. The Bertz CT molecular complexity index is 396. The topological polar surface area (TPSA) is 55.1 Å². The van der Waals surface area contributed by atoms with Gasteiger partial charge in [0.05, 0.1) is 0 Å². The fourth-order valence-corrected chi connectivity index (χ4v) is 3.44. The zero-order chi connectivity index (χ0) is 13.5. The molecule has 0 saturated heterocycles. The second kappa shape index (κ2) is 7.56. The van der Waals surface area contributed by atoms with Gasteiger partial charge in [-0.05, 0) is 37.4 Å². The van der Waals surface area contributed by atoms with Crippen LogP contribution in [0.5, 0.6) is 0 Å². The molecule has 3 N–H and O–H groups in total. The minimum absolute atomic E-state index is 0.145. The molecule has 1 aromatic rings. The molecular formula is C15H22N2OS. The van der Waals surface area contributed by atoms with Crippen molar-refractivity contribution >= 4 is 17.7 Å². The van der Waals surface area contributed by atoms with Gasteiger partial charge in [-0.1, -0.05) is 24.6 Å². The number of benzene rings is 1. The van der Waals surface area contributed by atoms with Gasteiger partial charge in [0.15, 0.2) is 0 Å². The third-order valence-corrected chi connectivity index (χ3v) is 4.73. The van der Waals surface area contributed by atoms with E-state index in [1.54, 1.807) is 11.8 Å². The molecule has 1 fully saturated rings. The van der Waals surface area contributed by atoms with Gasteiger partial charge in [-0.25, -0.2) is 0 Å². The van der Waals surface area contributed by atoms with Crippen molar-refractivity contribution in [3.05, 3.63) is 30.3 Å². The Morgan fingerprint density at radius 3 is 2.84 bits per heavy atom. The van der Waals surface area contributed by atoms with Crippen LogP contribution in [0.4, 0.5) is 0 Å². The highest BCUT2D eigenvalue weighted by Crippen LogP contribution is 2.30. The number of rotatable bonds is 6. The molecule has 0 heterocycles. The van der Waals surface area contributed by atoms with Crippen LogP contribution < -0.4 is 11.1 Å². The second-order valence-electron chi connectivity index (χ2n) is 4.99. The van der Waals surface area contributed by atoms with Gasteiger partial charge in [0.25, 0.3) is 0 Å². The number of thioether (sulfide) groups is 1. The molecule has 0 aromatic heterocycles. The Morgan fingerprint density at radius 1 is 1.32 bits per heavy atom. The van der Waals surface area contributed by atoms with E-state index < -0.39 is 0 Å². The number of nitrogens with one attached hydrogen (secondary N) is 1. The first-order valence-electron chi connectivity index (χ1n) is 6.97. The van der Waals surface area contributed by atoms with Crippen molar-refractivity contribution in [3.63, 3.8) is 0 Å². The van der Waals surface area contributed by atoms with Crippen LogP contribution in [0.15, 0.2) is 35.2 Å². The minimum atomic E-state index is 0.145. The molecule has 0 radical (unpaired) electrons. The first-order valence-corrected chi connectivity index (χ1v) is 7.95. The predicted molar refractivity (Wildman–Crippen MR) is 80.1 cm³/mol. The van der Waals surface area contributed by atoms with E-state index in [-0.39, 0.29) is 11.8 Å². The third-order valence-electron chi connectivity index (χ3n) is 3.71. The Kier molecular flexibility index (Phi) is 5.73. The Balaban J connectivity index is 1.67. The van der Waals surface area contributed by atoms with Crippen molar-refractivity contribution in [2.24, 2.45) is 17.6 Å². The third kappa shape index (κ3) is 4.25. The average molecular weight is 278 g/mol. The number of amides is 1. The van der Waals surface area contributed by atoms with Crippen LogP contribution >= 0.6 is 11.8 Å². The number of nitrogens with two attached hydrogens (primary N) is 1. The summed E-state index contributed by atoms with van der Waals surface area (Å²) in [5.74, 6) is 1.64. The monoisotopic (exact) mass is 278 g/mol. The maximum Gasteiger partial charge on any atom is 0.223 e. The van der Waals surface area contributed by atoms with Crippen LogP contribution in [0.3, 0.4) is 0 Å². The lowest BCUT2D eigenvalue weighted by Gasteiger charge is -2.17. The summed E-state index contributed by atoms with van der Waals surface area (Å²) in [6.07, 6.45) is 3.24. The molecular weight excluding hydrogens is 256 g/mol. The molecule has 1 aromatic carbocycles. The Hall–Kier alpha value is -1.00. The quantitative estimate of drug-likeness (QED) is 0.620. The van der Waals surface area contributed by atoms with E-state index in [1.807, 2.05) is 18.2 Å². The molecule has 1 saturated carbocycles. The van der Waals surface area contributed by atoms with Crippen molar-refractivity contribution in [1.29, 1.82) is 0 Å². The molecule has 104 valence electrons. The van der Waals surface area contributed by atoms with E-state index in [0.29, 0.717) is 12.5 Å². The second-order valence-corrected chi connectivity index (χ2v) is 6.15. The molecule has 1 aliphatic carbocycles. The number of hydrogen-bond donors (Lipinski definition) is 2. The molecule has 1 aliphatic rings. The standard InChI is InChI=1S/C15H22N2OS/c16-11-12-5-4-8-14(12)15(18)17-9-10-19-13-6-2-1-3-7-13/h1-3,6-7,12,14H,4-5,8-11,16H2,(H,17,18). The zero-order valence-corrected chi connectivity index (χ0v) is 12.0. The van der Waals surface area contributed by atoms with Crippen LogP contribution in [0.2, 0.25) is 0 Å². The van der Waals surface area contributed by atoms with Crippen molar-refractivity contribution in [3.8, 4) is 0 Å². The molecule has 3 nitrogen and oxygen atoms in total. The van der Waals surface area contributed by atoms with Gasteiger partial charge in [-0.3, -0.25) is 4.79 Å². The van der Waals surface area contributed by atoms with Crippen LogP contribution in [-0.2, 0) is 4.79 Å². The van der Waals surface area contributed by atoms with E-state index >= 15 is 0 Å². The van der Waals surface area contributed by atoms with Crippen LogP contribution in [0.25, 0.3) is 0 Å². The van der Waals surface area contributed by atoms with E-state index in [9.17, 15) is 4.79 Å². The average Bonchev–Trinajstić information content (AvgIpc) is 2.93. The summed E-state index contributed by atoms with van der Waals surface area (Å²) in [4.78, 5) is 13.3. The van der Waals surface area contributed by atoms with E-state index in [4.69, 9.17) is 5.73 Å². The highest BCUT2D eigenvalue weighted by atomic mass is 32.2. The van der Waals surface area contributed by atoms with Gasteiger partial charge in [0, 0.05) is 23.1 Å². The molecule has 0 bridgehead atoms. The molecule has 0 aliphatic heterocycles. The largest absolute Gasteiger partial charge is 0.355 e. The Morgan fingerprint density at radius 2 is 2.11 bits per heavy atom. The molecule has 0 spiro atoms. The minimum Gasteiger partial charge on any atom is -0.355 e. The summed E-state index contributed by atoms with van der Waals surface area (Å²) in [6.45, 7) is 1.36. The van der Waals surface area contributed by atoms with E-state index in [0.717, 1.165) is 31.6 Å². The first kappa shape index (κ1) is 14.4. The maximum absolute atomic E-state index is 12.1. The van der Waals surface area contributed by atoms with E-state index in [2.05, 4.69) is 17.4 Å². The SMILES string of the molecule is NCC1CCCC1C(=O)NCCSc1ccccc1. The van der Waals surface area contributed by atoms with Gasteiger partial charge in [-0.15, -0.1) is 11.8 Å². The summed E-state index contributed by atoms with van der Waals surface area (Å²) >= 11 is 1.77. The van der Waals surface area contributed by atoms with Crippen LogP contribution in [-0.4, -0.2) is 24.7 Å². The lowest BCUT2D eigenvalue weighted by atomic mass is 9.95. The molecule has 1 amide bonds. The smallest absolute Gasteiger partial charge is 0.223 e. The summed E-state index contributed by atoms with van der Waals surface area (Å²) in [5.41, 5.74) is 5.71. The summed E-state index contributed by atoms with van der Waals surface area (Å²) < 4.78 is 0. The van der Waals surface area contributed by atoms with Gasteiger partial charge in [-0.2, -0.15) is 0 Å². The number of carbonyl (C=O) groups is 1. The van der Waals surface area contributed by atoms with Gasteiger partial charge in [0.1, 0.15) is 0 Å². The van der Waals surface area contributed by atoms with E-state index in [1.165, 1.54) is 4.90 Å². The van der Waals surface area contributed by atoms with Crippen molar-refractivity contribution < 1.29 is 4.79 Å². The van der Waals surface area contributed by atoms with Gasteiger partial charge in [0.2, 0.25) is 5.91 Å². The number of carbonyl (C=O) groups excluding carboxylic acids is 1. The molecule has 4 heteroatoms. The lowest BCUT2D eigenvalue weighted by Crippen LogP contribution is -2.36. The summed E-state index contributed by atoms with van der Waals surface area (Å²) in [6, 6.07) is 10.3. The van der Waals surface area contributed by atoms with Gasteiger partial charge < -0.3 is 11.1 Å². The molecule has 2 unspecified atom stereocenters. The fraction of sp³-hybridized carbons (Fsp3) is 0.533. The molecule has 2 atom stereocenters. The van der Waals surface area contributed by atoms with Crippen LogP contribution in [0, 0.1) is 11.8 Å². The van der Waals surface area contributed by atoms with Crippen molar-refractivity contribution in [2.45, 2.75) is 24.2 Å². The lowest BCUT2D eigenvalue weighted by molar-refractivity contribution is -0.125. The highest BCUT2D eigenvalue weighted by Gasteiger charge is 2.31. The zero-order valence-electron chi connectivity index (χ0n) is 11.2. The summed E-state index contributed by atoms with van der Waals surface area (Å²) in [5, 5.41) is 3.04. The van der Waals surface area contributed by atoms with Gasteiger partial charge >= 0.3 is 0 Å². The molecule has 2 rings (SSSR count). The Labute approximate surface area is 119 Å². The van der Waals surface area contributed by atoms with Crippen molar-refractivity contribution in [2.75, 3.05) is 18.8 Å². The predicted octanol–water partition coefficient (Wildman–Crippen LogP) is 2.27. The van der Waals surface area contributed by atoms with Crippen molar-refractivity contribution in [1.82, 2.24) is 5.32 Å².